The Morgan fingerprint density at radius 3 is 2.33 bits per heavy atom. The molecule has 4 rings (SSSR count). The summed E-state index contributed by atoms with van der Waals surface area (Å²) < 4.78 is 0. The third kappa shape index (κ3) is 4.80. The zero-order chi connectivity index (χ0) is 20.8. The van der Waals surface area contributed by atoms with E-state index in [1.165, 1.54) is 16.5 Å². The van der Waals surface area contributed by atoms with E-state index in [2.05, 4.69) is 72.0 Å². The molecule has 2 atom stereocenters. The highest BCUT2D eigenvalue weighted by Gasteiger charge is 2.22. The zero-order valence-corrected chi connectivity index (χ0v) is 17.3. The van der Waals surface area contributed by atoms with Gasteiger partial charge in [-0.15, -0.1) is 0 Å². The number of nitrogens with one attached hydrogen (secondary N) is 2. The van der Waals surface area contributed by atoms with Gasteiger partial charge in [0.25, 0.3) is 0 Å². The van der Waals surface area contributed by atoms with Crippen LogP contribution in [0.15, 0.2) is 91.1 Å². The van der Waals surface area contributed by atoms with Crippen LogP contribution in [0, 0.1) is 0 Å². The average Bonchev–Trinajstić information content (AvgIpc) is 3.21. The summed E-state index contributed by atoms with van der Waals surface area (Å²) in [6.07, 6.45) is 4.38. The maximum Gasteiger partial charge on any atom is 0.221 e. The molecular formula is C27H28N2O. The van der Waals surface area contributed by atoms with Crippen molar-refractivity contribution in [3.05, 3.63) is 108 Å². The number of aryl methyl sites for hydroxylation is 1. The zero-order valence-electron chi connectivity index (χ0n) is 17.3. The van der Waals surface area contributed by atoms with Gasteiger partial charge in [-0.05, 0) is 42.5 Å². The lowest BCUT2D eigenvalue weighted by Crippen LogP contribution is -2.33. The minimum Gasteiger partial charge on any atom is -0.361 e. The first-order valence-corrected chi connectivity index (χ1v) is 10.6. The lowest BCUT2D eigenvalue weighted by molar-refractivity contribution is -0.121. The van der Waals surface area contributed by atoms with Crippen LogP contribution in [0.1, 0.15) is 42.4 Å². The molecule has 0 radical (unpaired) electrons. The standard InChI is InChI=1S/C27H28N2O/c1-20(16-17-21-10-4-2-5-11-21)29-27(30)18-24(22-12-6-3-7-13-22)25-19-28-26-15-9-8-14-23(25)26/h2-15,19-20,24,28H,16-18H2,1H3,(H,29,30). The first-order chi connectivity index (χ1) is 14.7. The number of benzene rings is 3. The van der Waals surface area contributed by atoms with E-state index in [0.717, 1.165) is 23.9 Å². The lowest BCUT2D eigenvalue weighted by atomic mass is 9.88. The quantitative estimate of drug-likeness (QED) is 0.387. The van der Waals surface area contributed by atoms with Gasteiger partial charge in [-0.3, -0.25) is 4.79 Å². The molecule has 0 aliphatic rings. The second-order valence-corrected chi connectivity index (χ2v) is 7.95. The molecule has 3 heteroatoms. The molecule has 0 aliphatic heterocycles. The molecule has 3 nitrogen and oxygen atoms in total. The van der Waals surface area contributed by atoms with E-state index < -0.39 is 0 Å². The summed E-state index contributed by atoms with van der Waals surface area (Å²) in [5, 5.41) is 4.39. The predicted octanol–water partition coefficient (Wildman–Crippen LogP) is 5.83. The highest BCUT2D eigenvalue weighted by Crippen LogP contribution is 2.33. The molecule has 0 bridgehead atoms. The smallest absolute Gasteiger partial charge is 0.221 e. The number of fused-ring (bicyclic) bond motifs is 1. The Labute approximate surface area is 178 Å². The Bertz CT molecular complexity index is 1090. The first kappa shape index (κ1) is 20.0. The monoisotopic (exact) mass is 396 g/mol. The van der Waals surface area contributed by atoms with Crippen LogP contribution in [-0.2, 0) is 11.2 Å². The number of hydrogen-bond donors (Lipinski definition) is 2. The Kier molecular flexibility index (Phi) is 6.29. The summed E-state index contributed by atoms with van der Waals surface area (Å²) in [5.74, 6) is 0.110. The fourth-order valence-corrected chi connectivity index (χ4v) is 4.09. The summed E-state index contributed by atoms with van der Waals surface area (Å²) in [5.41, 5.74) is 4.74. The van der Waals surface area contributed by atoms with Crippen LogP contribution >= 0.6 is 0 Å². The molecule has 2 unspecified atom stereocenters. The number of carbonyl (C=O) groups is 1. The lowest BCUT2D eigenvalue weighted by Gasteiger charge is -2.19. The summed E-state index contributed by atoms with van der Waals surface area (Å²) >= 11 is 0. The van der Waals surface area contributed by atoms with Crippen LogP contribution in [-0.4, -0.2) is 16.9 Å². The maximum atomic E-state index is 13.0. The molecule has 30 heavy (non-hydrogen) atoms. The highest BCUT2D eigenvalue weighted by molar-refractivity contribution is 5.86. The van der Waals surface area contributed by atoms with Gasteiger partial charge in [0.05, 0.1) is 0 Å². The summed E-state index contributed by atoms with van der Waals surface area (Å²) in [4.78, 5) is 16.3. The van der Waals surface area contributed by atoms with Crippen molar-refractivity contribution in [2.45, 2.75) is 38.1 Å². The van der Waals surface area contributed by atoms with Gasteiger partial charge in [-0.1, -0.05) is 78.9 Å². The summed E-state index contributed by atoms with van der Waals surface area (Å²) in [6, 6.07) is 29.1. The van der Waals surface area contributed by atoms with E-state index in [-0.39, 0.29) is 17.9 Å². The van der Waals surface area contributed by atoms with Crippen LogP contribution in [0.25, 0.3) is 10.9 Å². The van der Waals surface area contributed by atoms with Crippen LogP contribution < -0.4 is 5.32 Å². The molecule has 0 saturated heterocycles. The second kappa shape index (κ2) is 9.45. The van der Waals surface area contributed by atoms with Gasteiger partial charge in [-0.25, -0.2) is 0 Å². The highest BCUT2D eigenvalue weighted by atomic mass is 16.1. The van der Waals surface area contributed by atoms with Crippen LogP contribution in [0.3, 0.4) is 0 Å². The molecule has 4 aromatic rings. The topological polar surface area (TPSA) is 44.9 Å². The molecule has 3 aromatic carbocycles. The van der Waals surface area contributed by atoms with Crippen molar-refractivity contribution >= 4 is 16.8 Å². The predicted molar refractivity (Wildman–Crippen MR) is 124 cm³/mol. The molecular weight excluding hydrogens is 368 g/mol. The van der Waals surface area contributed by atoms with E-state index >= 15 is 0 Å². The minimum atomic E-state index is 0.0173. The fraction of sp³-hybridized carbons (Fsp3) is 0.222. The van der Waals surface area contributed by atoms with Gasteiger partial charge < -0.3 is 10.3 Å². The Hall–Kier alpha value is -3.33. The van der Waals surface area contributed by atoms with Gasteiger partial charge in [0, 0.05) is 35.5 Å². The van der Waals surface area contributed by atoms with E-state index in [4.69, 9.17) is 0 Å². The van der Waals surface area contributed by atoms with Gasteiger partial charge in [0.2, 0.25) is 5.91 Å². The number of aromatic amines is 1. The number of aromatic nitrogens is 1. The minimum absolute atomic E-state index is 0.0173. The maximum absolute atomic E-state index is 13.0. The van der Waals surface area contributed by atoms with Crippen LogP contribution in [0.5, 0.6) is 0 Å². The van der Waals surface area contributed by atoms with Crippen molar-refractivity contribution in [1.82, 2.24) is 10.3 Å². The van der Waals surface area contributed by atoms with Crippen molar-refractivity contribution < 1.29 is 4.79 Å². The van der Waals surface area contributed by atoms with Crippen molar-refractivity contribution in [3.63, 3.8) is 0 Å². The Morgan fingerprint density at radius 2 is 1.57 bits per heavy atom. The van der Waals surface area contributed by atoms with Gasteiger partial charge in [0.1, 0.15) is 0 Å². The molecule has 0 saturated carbocycles. The van der Waals surface area contributed by atoms with E-state index in [0.29, 0.717) is 6.42 Å². The van der Waals surface area contributed by atoms with Crippen molar-refractivity contribution in [2.75, 3.05) is 0 Å². The van der Waals surface area contributed by atoms with E-state index in [1.54, 1.807) is 0 Å². The van der Waals surface area contributed by atoms with E-state index in [1.807, 2.05) is 36.4 Å². The number of carbonyl (C=O) groups excluding carboxylic acids is 1. The van der Waals surface area contributed by atoms with Crippen LogP contribution in [0.2, 0.25) is 0 Å². The third-order valence-corrected chi connectivity index (χ3v) is 5.70. The van der Waals surface area contributed by atoms with Crippen molar-refractivity contribution in [1.29, 1.82) is 0 Å². The van der Waals surface area contributed by atoms with Gasteiger partial charge >= 0.3 is 0 Å². The number of rotatable bonds is 8. The van der Waals surface area contributed by atoms with Crippen molar-refractivity contribution in [3.8, 4) is 0 Å². The molecule has 0 spiro atoms. The molecule has 0 fully saturated rings. The molecule has 2 N–H and O–H groups in total. The van der Waals surface area contributed by atoms with Gasteiger partial charge in [0.15, 0.2) is 0 Å². The first-order valence-electron chi connectivity index (χ1n) is 10.6. The second-order valence-electron chi connectivity index (χ2n) is 7.95. The molecule has 0 aliphatic carbocycles. The van der Waals surface area contributed by atoms with Gasteiger partial charge in [-0.2, -0.15) is 0 Å². The van der Waals surface area contributed by atoms with Crippen LogP contribution in [0.4, 0.5) is 0 Å². The normalized spacial score (nSPS) is 13.1. The number of para-hydroxylation sites is 1. The largest absolute Gasteiger partial charge is 0.361 e. The van der Waals surface area contributed by atoms with E-state index in [9.17, 15) is 4.79 Å². The Morgan fingerprint density at radius 1 is 0.900 bits per heavy atom. The average molecular weight is 397 g/mol. The fourth-order valence-electron chi connectivity index (χ4n) is 4.09. The number of H-pyrrole nitrogens is 1. The van der Waals surface area contributed by atoms with Crippen molar-refractivity contribution in [2.24, 2.45) is 0 Å². The molecule has 152 valence electrons. The Balaban J connectivity index is 1.47. The molecule has 1 aromatic heterocycles. The number of hydrogen-bond acceptors (Lipinski definition) is 1. The summed E-state index contributed by atoms with van der Waals surface area (Å²) in [7, 11) is 0. The number of amides is 1. The molecule has 1 amide bonds. The SMILES string of the molecule is CC(CCc1ccccc1)NC(=O)CC(c1ccccc1)c1c[nH]c2ccccc12. The summed E-state index contributed by atoms with van der Waals surface area (Å²) in [6.45, 7) is 2.09. The third-order valence-electron chi connectivity index (χ3n) is 5.70. The molecule has 1 heterocycles.